The first-order valence-electron chi connectivity index (χ1n) is 8.87. The van der Waals surface area contributed by atoms with Crippen LogP contribution in [0.5, 0.6) is 0 Å². The van der Waals surface area contributed by atoms with Crippen molar-refractivity contribution in [3.05, 3.63) is 0 Å². The van der Waals surface area contributed by atoms with E-state index in [1.807, 2.05) is 0 Å². The van der Waals surface area contributed by atoms with Crippen LogP contribution in [0.15, 0.2) is 0 Å². The predicted molar refractivity (Wildman–Crippen MR) is 91.1 cm³/mol. The first-order valence-corrected chi connectivity index (χ1v) is 8.87. The van der Waals surface area contributed by atoms with Gasteiger partial charge in [-0.3, -0.25) is 0 Å². The van der Waals surface area contributed by atoms with E-state index in [9.17, 15) is 0 Å². The van der Waals surface area contributed by atoms with Crippen LogP contribution in [0.4, 0.5) is 0 Å². The number of nitrogens with one attached hydrogen (secondary N) is 1. The highest BCUT2D eigenvalue weighted by atomic mass is 14.9. The van der Waals surface area contributed by atoms with Gasteiger partial charge in [-0.1, -0.05) is 48.5 Å². The van der Waals surface area contributed by atoms with E-state index >= 15 is 0 Å². The van der Waals surface area contributed by atoms with Crippen LogP contribution >= 0.6 is 0 Å². The molecule has 120 valence electrons. The van der Waals surface area contributed by atoms with Gasteiger partial charge in [-0.2, -0.15) is 0 Å². The summed E-state index contributed by atoms with van der Waals surface area (Å²) in [5, 5.41) is 3.78. The summed E-state index contributed by atoms with van der Waals surface area (Å²) >= 11 is 0. The third-order valence-corrected chi connectivity index (χ3v) is 5.24. The van der Waals surface area contributed by atoms with Crippen LogP contribution in [0.2, 0.25) is 0 Å². The van der Waals surface area contributed by atoms with Gasteiger partial charge in [0.05, 0.1) is 0 Å². The van der Waals surface area contributed by atoms with Crippen molar-refractivity contribution in [2.45, 2.75) is 93.0 Å². The fourth-order valence-electron chi connectivity index (χ4n) is 3.74. The van der Waals surface area contributed by atoms with Gasteiger partial charge in [-0.15, -0.1) is 0 Å². The van der Waals surface area contributed by atoms with E-state index < -0.39 is 0 Å². The summed E-state index contributed by atoms with van der Waals surface area (Å²) in [5.41, 5.74) is 0.973. The molecule has 1 saturated carbocycles. The van der Waals surface area contributed by atoms with Crippen LogP contribution in [0, 0.1) is 22.7 Å². The SMILES string of the molecule is CCNC(CCC(C)(C)C)C1CCC(C(C)(C)C)CC1. The Morgan fingerprint density at radius 1 is 0.950 bits per heavy atom. The fraction of sp³-hybridized carbons (Fsp3) is 1.00. The Bertz CT molecular complexity index is 260. The highest BCUT2D eigenvalue weighted by Crippen LogP contribution is 2.41. The zero-order valence-corrected chi connectivity index (χ0v) is 15.2. The Labute approximate surface area is 128 Å². The molecule has 1 fully saturated rings. The van der Waals surface area contributed by atoms with Gasteiger partial charge in [0.25, 0.3) is 0 Å². The van der Waals surface area contributed by atoms with Crippen LogP contribution in [0.25, 0.3) is 0 Å². The zero-order valence-electron chi connectivity index (χ0n) is 15.2. The average Bonchev–Trinajstić information content (AvgIpc) is 2.32. The molecule has 0 bridgehead atoms. The second-order valence-electron chi connectivity index (χ2n) is 9.24. The molecular formula is C19H39N. The van der Waals surface area contributed by atoms with Crippen molar-refractivity contribution in [2.75, 3.05) is 6.54 Å². The average molecular weight is 282 g/mol. The highest BCUT2D eigenvalue weighted by Gasteiger charge is 2.32. The molecule has 0 heterocycles. The van der Waals surface area contributed by atoms with Crippen molar-refractivity contribution >= 4 is 0 Å². The van der Waals surface area contributed by atoms with Gasteiger partial charge in [-0.05, 0) is 67.7 Å². The minimum atomic E-state index is 0.469. The molecule has 1 atom stereocenters. The minimum Gasteiger partial charge on any atom is -0.314 e. The molecule has 0 aliphatic heterocycles. The van der Waals surface area contributed by atoms with Gasteiger partial charge in [0, 0.05) is 6.04 Å². The lowest BCUT2D eigenvalue weighted by atomic mass is 9.68. The summed E-state index contributed by atoms with van der Waals surface area (Å²) in [4.78, 5) is 0. The minimum absolute atomic E-state index is 0.469. The van der Waals surface area contributed by atoms with Crippen molar-refractivity contribution in [1.82, 2.24) is 5.32 Å². The van der Waals surface area contributed by atoms with E-state index in [1.54, 1.807) is 0 Å². The van der Waals surface area contributed by atoms with E-state index in [-0.39, 0.29) is 0 Å². The zero-order chi connectivity index (χ0) is 15.4. The molecule has 0 saturated heterocycles. The van der Waals surface area contributed by atoms with E-state index in [1.165, 1.54) is 38.5 Å². The molecule has 0 aromatic heterocycles. The topological polar surface area (TPSA) is 12.0 Å². The molecule has 1 nitrogen and oxygen atoms in total. The van der Waals surface area contributed by atoms with Crippen LogP contribution in [-0.2, 0) is 0 Å². The lowest BCUT2D eigenvalue weighted by Gasteiger charge is -2.40. The molecule has 1 N–H and O–H groups in total. The van der Waals surface area contributed by atoms with Gasteiger partial charge < -0.3 is 5.32 Å². The second kappa shape index (κ2) is 7.29. The maximum Gasteiger partial charge on any atom is 0.00954 e. The van der Waals surface area contributed by atoms with Crippen molar-refractivity contribution in [2.24, 2.45) is 22.7 Å². The quantitative estimate of drug-likeness (QED) is 0.687. The van der Waals surface area contributed by atoms with Gasteiger partial charge in [0.15, 0.2) is 0 Å². The predicted octanol–water partition coefficient (Wildman–Crippen LogP) is 5.64. The summed E-state index contributed by atoms with van der Waals surface area (Å²) in [6.07, 6.45) is 8.43. The molecule has 0 spiro atoms. The smallest absolute Gasteiger partial charge is 0.00954 e. The Kier molecular flexibility index (Phi) is 6.57. The van der Waals surface area contributed by atoms with Crippen molar-refractivity contribution in [3.8, 4) is 0 Å². The Balaban J connectivity index is 2.49. The third-order valence-electron chi connectivity index (χ3n) is 5.24. The maximum atomic E-state index is 3.78. The summed E-state index contributed by atoms with van der Waals surface area (Å²) in [7, 11) is 0. The molecule has 1 unspecified atom stereocenters. The molecule has 1 heteroatoms. The largest absolute Gasteiger partial charge is 0.314 e. The number of hydrogen-bond donors (Lipinski definition) is 1. The molecule has 1 rings (SSSR count). The monoisotopic (exact) mass is 281 g/mol. The maximum absolute atomic E-state index is 3.78. The molecule has 1 aliphatic carbocycles. The van der Waals surface area contributed by atoms with Gasteiger partial charge in [0.2, 0.25) is 0 Å². The summed E-state index contributed by atoms with van der Waals surface area (Å²) < 4.78 is 0. The van der Waals surface area contributed by atoms with E-state index in [0.717, 1.165) is 24.4 Å². The van der Waals surface area contributed by atoms with E-state index in [4.69, 9.17) is 0 Å². The van der Waals surface area contributed by atoms with Crippen molar-refractivity contribution < 1.29 is 0 Å². The molecule has 0 radical (unpaired) electrons. The van der Waals surface area contributed by atoms with E-state index in [0.29, 0.717) is 10.8 Å². The van der Waals surface area contributed by atoms with Crippen LogP contribution < -0.4 is 5.32 Å². The van der Waals surface area contributed by atoms with Gasteiger partial charge in [-0.25, -0.2) is 0 Å². The molecular weight excluding hydrogens is 242 g/mol. The second-order valence-corrected chi connectivity index (χ2v) is 9.24. The summed E-state index contributed by atoms with van der Waals surface area (Å²) in [6.45, 7) is 17.7. The van der Waals surface area contributed by atoms with Gasteiger partial charge in [0.1, 0.15) is 0 Å². The Hall–Kier alpha value is -0.0400. The number of rotatable bonds is 5. The lowest BCUT2D eigenvalue weighted by Crippen LogP contribution is -2.40. The molecule has 1 aliphatic rings. The highest BCUT2D eigenvalue weighted by molar-refractivity contribution is 4.86. The number of hydrogen-bond acceptors (Lipinski definition) is 1. The van der Waals surface area contributed by atoms with Crippen molar-refractivity contribution in [3.63, 3.8) is 0 Å². The Morgan fingerprint density at radius 2 is 1.50 bits per heavy atom. The summed E-state index contributed by atoms with van der Waals surface area (Å²) in [6, 6.07) is 0.750. The molecule has 20 heavy (non-hydrogen) atoms. The first kappa shape index (κ1) is 18.0. The molecule has 0 aromatic carbocycles. The van der Waals surface area contributed by atoms with E-state index in [2.05, 4.69) is 53.8 Å². The normalized spacial score (nSPS) is 26.6. The Morgan fingerprint density at radius 3 is 1.90 bits per heavy atom. The standard InChI is InChI=1S/C19H39N/c1-8-20-17(13-14-18(2,3)4)15-9-11-16(12-10-15)19(5,6)7/h15-17,20H,8-14H2,1-7H3. The third kappa shape index (κ3) is 6.16. The van der Waals surface area contributed by atoms with Crippen LogP contribution in [0.1, 0.15) is 87.0 Å². The molecule has 0 amide bonds. The van der Waals surface area contributed by atoms with Crippen molar-refractivity contribution in [1.29, 1.82) is 0 Å². The first-order chi connectivity index (χ1) is 9.13. The van der Waals surface area contributed by atoms with Crippen LogP contribution in [-0.4, -0.2) is 12.6 Å². The van der Waals surface area contributed by atoms with Crippen LogP contribution in [0.3, 0.4) is 0 Å². The lowest BCUT2D eigenvalue weighted by molar-refractivity contribution is 0.127. The summed E-state index contributed by atoms with van der Waals surface area (Å²) in [5.74, 6) is 1.85. The van der Waals surface area contributed by atoms with Gasteiger partial charge >= 0.3 is 0 Å². The molecule has 0 aromatic rings. The fourth-order valence-corrected chi connectivity index (χ4v) is 3.74.